The molecule has 4 aromatic rings. The Balaban J connectivity index is 1.59. The van der Waals surface area contributed by atoms with E-state index in [9.17, 15) is 18.0 Å². The van der Waals surface area contributed by atoms with E-state index in [4.69, 9.17) is 9.84 Å². The van der Waals surface area contributed by atoms with Crippen molar-refractivity contribution < 1.29 is 27.8 Å². The number of nitrogens with zero attached hydrogens (tertiary/aromatic N) is 4. The van der Waals surface area contributed by atoms with Crippen LogP contribution in [0.5, 0.6) is 5.75 Å². The average molecular weight is 430 g/mol. The smallest absolute Gasteiger partial charge is 0.416 e. The molecule has 0 saturated heterocycles. The summed E-state index contributed by atoms with van der Waals surface area (Å²) in [6, 6.07) is 11.8. The zero-order valence-electron chi connectivity index (χ0n) is 16.3. The third-order valence-corrected chi connectivity index (χ3v) is 4.73. The van der Waals surface area contributed by atoms with Gasteiger partial charge >= 0.3 is 12.1 Å². The van der Waals surface area contributed by atoms with Gasteiger partial charge in [-0.15, -0.1) is 0 Å². The zero-order chi connectivity index (χ0) is 22.2. The standard InChI is InChI=1S/C21H17F3N4O3/c1-13-18(26-28(25-13)16-5-3-15(4-6-16)21(22,23)24)11-27-9-8-14-2-7-17(10-19(14)27)31-12-20(29)30/h2-10H,11-12H2,1H3,(H,29,30). The number of carbonyl (C=O) groups is 1. The highest BCUT2D eigenvalue weighted by molar-refractivity contribution is 5.81. The molecule has 0 aliphatic rings. The van der Waals surface area contributed by atoms with Crippen LogP contribution in [0.2, 0.25) is 0 Å². The lowest BCUT2D eigenvalue weighted by molar-refractivity contribution is -0.139. The molecule has 2 aromatic carbocycles. The molecular weight excluding hydrogens is 413 g/mol. The minimum atomic E-state index is -4.40. The van der Waals surface area contributed by atoms with Gasteiger partial charge in [0.2, 0.25) is 0 Å². The number of aryl methyl sites for hydroxylation is 1. The van der Waals surface area contributed by atoms with E-state index in [2.05, 4.69) is 10.2 Å². The van der Waals surface area contributed by atoms with E-state index in [1.165, 1.54) is 16.9 Å². The first-order valence-corrected chi connectivity index (χ1v) is 9.24. The van der Waals surface area contributed by atoms with Crippen LogP contribution in [0.4, 0.5) is 13.2 Å². The average Bonchev–Trinajstić information content (AvgIpc) is 3.29. The largest absolute Gasteiger partial charge is 0.482 e. The Labute approximate surface area is 174 Å². The maximum absolute atomic E-state index is 12.8. The van der Waals surface area contributed by atoms with Gasteiger partial charge in [-0.2, -0.15) is 28.2 Å². The van der Waals surface area contributed by atoms with Crippen LogP contribution in [0.3, 0.4) is 0 Å². The summed E-state index contributed by atoms with van der Waals surface area (Å²) in [7, 11) is 0. The number of fused-ring (bicyclic) bond motifs is 1. The monoisotopic (exact) mass is 430 g/mol. The van der Waals surface area contributed by atoms with Gasteiger partial charge in [0.05, 0.1) is 29.0 Å². The molecule has 2 aromatic heterocycles. The number of carboxylic acids is 1. The van der Waals surface area contributed by atoms with E-state index in [0.717, 1.165) is 23.0 Å². The maximum Gasteiger partial charge on any atom is 0.416 e. The summed E-state index contributed by atoms with van der Waals surface area (Å²) in [5.74, 6) is -0.633. The number of alkyl halides is 3. The van der Waals surface area contributed by atoms with Crippen molar-refractivity contribution in [2.75, 3.05) is 6.61 Å². The van der Waals surface area contributed by atoms with Crippen LogP contribution in [0.15, 0.2) is 54.7 Å². The van der Waals surface area contributed by atoms with Crippen molar-refractivity contribution in [3.05, 3.63) is 71.7 Å². The normalized spacial score (nSPS) is 11.7. The number of hydrogen-bond donors (Lipinski definition) is 1. The number of hydrogen-bond acceptors (Lipinski definition) is 4. The van der Waals surface area contributed by atoms with E-state index in [0.29, 0.717) is 29.4 Å². The van der Waals surface area contributed by atoms with E-state index in [1.54, 1.807) is 19.1 Å². The fourth-order valence-electron chi connectivity index (χ4n) is 3.15. The molecule has 160 valence electrons. The van der Waals surface area contributed by atoms with Crippen molar-refractivity contribution in [3.8, 4) is 11.4 Å². The molecule has 0 radical (unpaired) electrons. The molecule has 0 saturated carbocycles. The molecular formula is C21H17F3N4O3. The van der Waals surface area contributed by atoms with Gasteiger partial charge in [-0.05, 0) is 54.8 Å². The third-order valence-electron chi connectivity index (χ3n) is 4.73. The second-order valence-corrected chi connectivity index (χ2v) is 6.91. The topological polar surface area (TPSA) is 82.2 Å². The van der Waals surface area contributed by atoms with Crippen molar-refractivity contribution in [2.24, 2.45) is 0 Å². The molecule has 1 N–H and O–H groups in total. The Hall–Kier alpha value is -3.82. The van der Waals surface area contributed by atoms with Gasteiger partial charge in [-0.1, -0.05) is 0 Å². The lowest BCUT2D eigenvalue weighted by Gasteiger charge is -2.07. The fraction of sp³-hybridized carbons (Fsp3) is 0.190. The van der Waals surface area contributed by atoms with E-state index in [-0.39, 0.29) is 0 Å². The van der Waals surface area contributed by atoms with E-state index in [1.807, 2.05) is 22.9 Å². The minimum Gasteiger partial charge on any atom is -0.482 e. The van der Waals surface area contributed by atoms with Crippen LogP contribution in [0, 0.1) is 6.92 Å². The number of ether oxygens (including phenoxy) is 1. The van der Waals surface area contributed by atoms with E-state index >= 15 is 0 Å². The molecule has 0 bridgehead atoms. The summed E-state index contributed by atoms with van der Waals surface area (Å²) in [5.41, 5.74) is 1.80. The molecule has 0 atom stereocenters. The summed E-state index contributed by atoms with van der Waals surface area (Å²) in [4.78, 5) is 12.0. The SMILES string of the molecule is Cc1nn(-c2ccc(C(F)(F)F)cc2)nc1Cn1ccc2ccc(OCC(=O)O)cc21. The summed E-state index contributed by atoms with van der Waals surface area (Å²) in [6.07, 6.45) is -2.54. The van der Waals surface area contributed by atoms with Gasteiger partial charge in [-0.3, -0.25) is 0 Å². The molecule has 2 heterocycles. The van der Waals surface area contributed by atoms with Gasteiger partial charge in [0, 0.05) is 12.3 Å². The number of carboxylic acid groups (broad SMARTS) is 1. The molecule has 0 aliphatic heterocycles. The Kier molecular flexibility index (Phi) is 5.14. The minimum absolute atomic E-state index is 0.373. The van der Waals surface area contributed by atoms with Crippen LogP contribution >= 0.6 is 0 Å². The van der Waals surface area contributed by atoms with Crippen molar-refractivity contribution in [3.63, 3.8) is 0 Å². The highest BCUT2D eigenvalue weighted by Gasteiger charge is 2.30. The zero-order valence-corrected chi connectivity index (χ0v) is 16.3. The van der Waals surface area contributed by atoms with Crippen LogP contribution in [-0.2, 0) is 17.5 Å². The number of benzene rings is 2. The second-order valence-electron chi connectivity index (χ2n) is 6.91. The highest BCUT2D eigenvalue weighted by Crippen LogP contribution is 2.29. The third kappa shape index (κ3) is 4.37. The molecule has 7 nitrogen and oxygen atoms in total. The molecule has 0 aliphatic carbocycles. The molecule has 4 rings (SSSR count). The molecule has 0 fully saturated rings. The first-order chi connectivity index (χ1) is 14.7. The Morgan fingerprint density at radius 2 is 1.84 bits per heavy atom. The lowest BCUT2D eigenvalue weighted by atomic mass is 10.2. The van der Waals surface area contributed by atoms with Crippen LogP contribution in [0.1, 0.15) is 17.0 Å². The fourth-order valence-corrected chi connectivity index (χ4v) is 3.15. The first kappa shape index (κ1) is 20.5. The van der Waals surface area contributed by atoms with Gasteiger partial charge in [0.1, 0.15) is 11.4 Å². The van der Waals surface area contributed by atoms with E-state index < -0.39 is 24.3 Å². The Morgan fingerprint density at radius 3 is 2.52 bits per heavy atom. The first-order valence-electron chi connectivity index (χ1n) is 9.24. The number of rotatable bonds is 6. The predicted molar refractivity (Wildman–Crippen MR) is 105 cm³/mol. The molecule has 0 spiro atoms. The van der Waals surface area contributed by atoms with Crippen LogP contribution in [-0.4, -0.2) is 37.2 Å². The van der Waals surface area contributed by atoms with Crippen LogP contribution < -0.4 is 4.74 Å². The van der Waals surface area contributed by atoms with Crippen molar-refractivity contribution in [2.45, 2.75) is 19.6 Å². The number of aliphatic carboxylic acids is 1. The molecule has 31 heavy (non-hydrogen) atoms. The number of halogens is 3. The van der Waals surface area contributed by atoms with Crippen molar-refractivity contribution in [1.29, 1.82) is 0 Å². The predicted octanol–water partition coefficient (Wildman–Crippen LogP) is 4.06. The van der Waals surface area contributed by atoms with Crippen molar-refractivity contribution >= 4 is 16.9 Å². The summed E-state index contributed by atoms with van der Waals surface area (Å²) in [5, 5.41) is 18.5. The maximum atomic E-state index is 12.8. The van der Waals surface area contributed by atoms with Gasteiger partial charge < -0.3 is 14.4 Å². The van der Waals surface area contributed by atoms with Crippen LogP contribution in [0.25, 0.3) is 16.6 Å². The summed E-state index contributed by atoms with van der Waals surface area (Å²) in [6.45, 7) is 1.71. The van der Waals surface area contributed by atoms with Gasteiger partial charge in [-0.25, -0.2) is 4.79 Å². The molecule has 0 amide bonds. The second kappa shape index (κ2) is 7.78. The molecule has 10 heteroatoms. The summed E-state index contributed by atoms with van der Waals surface area (Å²) < 4.78 is 45.5. The van der Waals surface area contributed by atoms with Gasteiger partial charge in [0.25, 0.3) is 0 Å². The number of aromatic nitrogens is 4. The van der Waals surface area contributed by atoms with Crippen molar-refractivity contribution in [1.82, 2.24) is 19.6 Å². The molecule has 0 unspecified atom stereocenters. The Morgan fingerprint density at radius 1 is 1.10 bits per heavy atom. The highest BCUT2D eigenvalue weighted by atomic mass is 19.4. The lowest BCUT2D eigenvalue weighted by Crippen LogP contribution is -2.09. The van der Waals surface area contributed by atoms with Gasteiger partial charge in [0.15, 0.2) is 6.61 Å². The Bertz CT molecular complexity index is 1240. The quantitative estimate of drug-likeness (QED) is 0.499. The summed E-state index contributed by atoms with van der Waals surface area (Å²) >= 11 is 0.